The molecule has 1 fully saturated rings. The first-order chi connectivity index (χ1) is 13.2. The summed E-state index contributed by atoms with van der Waals surface area (Å²) in [5.74, 6) is 1.14. The molecule has 1 aromatic carbocycles. The molecule has 0 amide bonds. The van der Waals surface area contributed by atoms with Crippen LogP contribution in [0.15, 0.2) is 54.9 Å². The number of imidazole rings is 1. The van der Waals surface area contributed by atoms with Gasteiger partial charge in [-0.25, -0.2) is 4.98 Å². The van der Waals surface area contributed by atoms with E-state index in [0.29, 0.717) is 6.04 Å². The quantitative estimate of drug-likeness (QED) is 0.611. The van der Waals surface area contributed by atoms with Crippen LogP contribution in [0.4, 0.5) is 0 Å². The first-order valence-electron chi connectivity index (χ1n) is 9.68. The molecular weight excluding hydrogens is 356 g/mol. The third-order valence-corrected chi connectivity index (χ3v) is 5.72. The molecule has 3 aromatic rings. The molecule has 0 saturated carbocycles. The van der Waals surface area contributed by atoms with E-state index in [9.17, 15) is 0 Å². The highest BCUT2D eigenvalue weighted by atomic mass is 35.5. The third-order valence-electron chi connectivity index (χ3n) is 5.35. The van der Waals surface area contributed by atoms with E-state index in [1.165, 1.54) is 6.42 Å². The molecule has 1 aliphatic heterocycles. The number of likely N-dealkylation sites (tertiary alicyclic amines) is 1. The SMILES string of the molecule is CCn1ccnc1CN1CCC[C@@H]1c1cccc(Cc2ccccc2Cl)n1. The van der Waals surface area contributed by atoms with Crippen molar-refractivity contribution >= 4 is 11.6 Å². The van der Waals surface area contributed by atoms with Crippen LogP contribution in [0.2, 0.25) is 5.02 Å². The van der Waals surface area contributed by atoms with Gasteiger partial charge < -0.3 is 4.57 Å². The molecule has 0 bridgehead atoms. The summed E-state index contributed by atoms with van der Waals surface area (Å²) < 4.78 is 2.22. The molecule has 2 aromatic heterocycles. The second kappa shape index (κ2) is 8.24. The summed E-state index contributed by atoms with van der Waals surface area (Å²) in [6, 6.07) is 14.7. The lowest BCUT2D eigenvalue weighted by Crippen LogP contribution is -2.25. The summed E-state index contributed by atoms with van der Waals surface area (Å²) in [5.41, 5.74) is 3.35. The molecule has 4 rings (SSSR count). The smallest absolute Gasteiger partial charge is 0.122 e. The van der Waals surface area contributed by atoms with Crippen molar-refractivity contribution in [3.05, 3.63) is 82.7 Å². The Morgan fingerprint density at radius 3 is 2.89 bits per heavy atom. The van der Waals surface area contributed by atoms with Crippen LogP contribution in [-0.2, 0) is 19.5 Å². The molecule has 1 aliphatic rings. The maximum atomic E-state index is 6.33. The van der Waals surface area contributed by atoms with Crippen molar-refractivity contribution < 1.29 is 0 Å². The first kappa shape index (κ1) is 18.2. The molecule has 5 heteroatoms. The number of aryl methyl sites for hydroxylation is 1. The highest BCUT2D eigenvalue weighted by molar-refractivity contribution is 6.31. The van der Waals surface area contributed by atoms with E-state index in [1.54, 1.807) is 0 Å². The maximum Gasteiger partial charge on any atom is 0.122 e. The van der Waals surface area contributed by atoms with Crippen molar-refractivity contribution in [3.8, 4) is 0 Å². The van der Waals surface area contributed by atoms with Crippen molar-refractivity contribution in [1.29, 1.82) is 0 Å². The molecule has 0 radical (unpaired) electrons. The minimum Gasteiger partial charge on any atom is -0.334 e. The molecule has 27 heavy (non-hydrogen) atoms. The second-order valence-corrected chi connectivity index (χ2v) is 7.49. The Bertz CT molecular complexity index is 905. The normalized spacial score (nSPS) is 17.5. The fourth-order valence-corrected chi connectivity index (χ4v) is 4.13. The number of nitrogens with zero attached hydrogens (tertiary/aromatic N) is 4. The molecule has 140 valence electrons. The van der Waals surface area contributed by atoms with Gasteiger partial charge in [-0.2, -0.15) is 0 Å². The van der Waals surface area contributed by atoms with Gasteiger partial charge in [0, 0.05) is 36.1 Å². The van der Waals surface area contributed by atoms with Crippen LogP contribution in [0.5, 0.6) is 0 Å². The molecule has 0 N–H and O–H groups in total. The topological polar surface area (TPSA) is 34.0 Å². The van der Waals surface area contributed by atoms with Crippen LogP contribution in [-0.4, -0.2) is 26.0 Å². The van der Waals surface area contributed by atoms with Gasteiger partial charge in [-0.05, 0) is 50.1 Å². The highest BCUT2D eigenvalue weighted by Crippen LogP contribution is 2.32. The van der Waals surface area contributed by atoms with Gasteiger partial charge in [-0.15, -0.1) is 0 Å². The van der Waals surface area contributed by atoms with Crippen LogP contribution in [0.3, 0.4) is 0 Å². The number of halogens is 1. The Kier molecular flexibility index (Phi) is 5.55. The van der Waals surface area contributed by atoms with Gasteiger partial charge in [0.25, 0.3) is 0 Å². The van der Waals surface area contributed by atoms with Crippen molar-refractivity contribution in [2.75, 3.05) is 6.54 Å². The van der Waals surface area contributed by atoms with Gasteiger partial charge in [0.1, 0.15) is 5.82 Å². The number of benzene rings is 1. The molecule has 0 unspecified atom stereocenters. The lowest BCUT2D eigenvalue weighted by Gasteiger charge is -2.24. The van der Waals surface area contributed by atoms with E-state index < -0.39 is 0 Å². The molecule has 3 heterocycles. The largest absolute Gasteiger partial charge is 0.334 e. The van der Waals surface area contributed by atoms with Crippen LogP contribution in [0, 0.1) is 0 Å². The van der Waals surface area contributed by atoms with E-state index in [2.05, 4.69) is 51.8 Å². The Morgan fingerprint density at radius 1 is 1.15 bits per heavy atom. The lowest BCUT2D eigenvalue weighted by molar-refractivity contribution is 0.235. The Labute approximate surface area is 165 Å². The van der Waals surface area contributed by atoms with Gasteiger partial charge in [-0.3, -0.25) is 9.88 Å². The molecule has 1 saturated heterocycles. The average molecular weight is 381 g/mol. The monoisotopic (exact) mass is 380 g/mol. The first-order valence-corrected chi connectivity index (χ1v) is 10.1. The minimum absolute atomic E-state index is 0.359. The average Bonchev–Trinajstić information content (AvgIpc) is 3.33. The van der Waals surface area contributed by atoms with E-state index in [-0.39, 0.29) is 0 Å². The summed E-state index contributed by atoms with van der Waals surface area (Å²) in [7, 11) is 0. The minimum atomic E-state index is 0.359. The summed E-state index contributed by atoms with van der Waals surface area (Å²) in [6.07, 6.45) is 7.07. The third kappa shape index (κ3) is 4.07. The van der Waals surface area contributed by atoms with E-state index in [4.69, 9.17) is 16.6 Å². The fraction of sp³-hybridized carbons (Fsp3) is 0.364. The number of rotatable bonds is 6. The molecule has 4 nitrogen and oxygen atoms in total. The number of pyridine rings is 1. The van der Waals surface area contributed by atoms with Crippen molar-refractivity contribution in [3.63, 3.8) is 0 Å². The standard InChI is InChI=1S/C22H25ClN4/c1-2-26-14-12-24-22(26)16-27-13-6-11-21(27)20-10-5-8-18(25-20)15-17-7-3-4-9-19(17)23/h3-5,7-10,12,14,21H,2,6,11,13,15-16H2,1H3/t21-/m1/s1. The maximum absolute atomic E-state index is 6.33. The molecule has 0 aliphatic carbocycles. The Hall–Kier alpha value is -2.17. The summed E-state index contributed by atoms with van der Waals surface area (Å²) in [4.78, 5) is 12.0. The second-order valence-electron chi connectivity index (χ2n) is 7.08. The van der Waals surface area contributed by atoms with Crippen molar-refractivity contribution in [2.45, 2.75) is 45.3 Å². The predicted octanol–water partition coefficient (Wildman–Crippen LogP) is 4.88. The molecule has 0 spiro atoms. The zero-order valence-electron chi connectivity index (χ0n) is 15.7. The summed E-state index contributed by atoms with van der Waals surface area (Å²) in [6.45, 7) is 5.09. The summed E-state index contributed by atoms with van der Waals surface area (Å²) in [5, 5.41) is 0.804. The van der Waals surface area contributed by atoms with Gasteiger partial charge in [0.2, 0.25) is 0 Å². The van der Waals surface area contributed by atoms with E-state index in [0.717, 1.165) is 60.3 Å². The zero-order chi connectivity index (χ0) is 18.6. The van der Waals surface area contributed by atoms with E-state index in [1.807, 2.05) is 24.4 Å². The summed E-state index contributed by atoms with van der Waals surface area (Å²) >= 11 is 6.33. The van der Waals surface area contributed by atoms with E-state index >= 15 is 0 Å². The van der Waals surface area contributed by atoms with Crippen LogP contribution in [0.1, 0.15) is 48.6 Å². The number of hydrogen-bond donors (Lipinski definition) is 0. The van der Waals surface area contributed by atoms with Crippen LogP contribution < -0.4 is 0 Å². The number of aromatic nitrogens is 3. The predicted molar refractivity (Wildman–Crippen MR) is 109 cm³/mol. The van der Waals surface area contributed by atoms with Crippen LogP contribution in [0.25, 0.3) is 0 Å². The molecular formula is C22H25ClN4. The van der Waals surface area contributed by atoms with Gasteiger partial charge in [0.05, 0.1) is 18.3 Å². The molecule has 1 atom stereocenters. The van der Waals surface area contributed by atoms with Gasteiger partial charge in [0.15, 0.2) is 0 Å². The Morgan fingerprint density at radius 2 is 2.04 bits per heavy atom. The zero-order valence-corrected chi connectivity index (χ0v) is 16.4. The highest BCUT2D eigenvalue weighted by Gasteiger charge is 2.28. The lowest BCUT2D eigenvalue weighted by atomic mass is 10.1. The Balaban J connectivity index is 1.53. The fourth-order valence-electron chi connectivity index (χ4n) is 3.93. The van der Waals surface area contributed by atoms with Gasteiger partial charge in [-0.1, -0.05) is 35.9 Å². The number of hydrogen-bond acceptors (Lipinski definition) is 3. The van der Waals surface area contributed by atoms with Crippen LogP contribution >= 0.6 is 11.6 Å². The van der Waals surface area contributed by atoms with Gasteiger partial charge >= 0.3 is 0 Å². The van der Waals surface area contributed by atoms with Crippen molar-refractivity contribution in [1.82, 2.24) is 19.4 Å². The van der Waals surface area contributed by atoms with Crippen molar-refractivity contribution in [2.24, 2.45) is 0 Å².